The summed E-state index contributed by atoms with van der Waals surface area (Å²) in [6, 6.07) is 2.57. The third-order valence-electron chi connectivity index (χ3n) is 3.32. The minimum absolute atomic E-state index is 0.0775. The quantitative estimate of drug-likeness (QED) is 0.205. The van der Waals surface area contributed by atoms with Crippen molar-refractivity contribution in [3.63, 3.8) is 0 Å². The maximum atomic E-state index is 13.0. The number of nitriles is 1. The smallest absolute Gasteiger partial charge is 0.446 e. The zero-order valence-corrected chi connectivity index (χ0v) is 17.3. The first-order valence-electron chi connectivity index (χ1n) is 7.82. The third kappa shape index (κ3) is 5.53. The number of nitrogens with zero attached hydrogens (tertiary/aromatic N) is 4. The van der Waals surface area contributed by atoms with Gasteiger partial charge in [0.1, 0.15) is 11.8 Å². The lowest BCUT2D eigenvalue weighted by atomic mass is 10.2. The highest BCUT2D eigenvalue weighted by Gasteiger charge is 2.36. The number of aromatic nitrogens is 2. The van der Waals surface area contributed by atoms with Crippen molar-refractivity contribution in [2.24, 2.45) is 4.99 Å². The van der Waals surface area contributed by atoms with Gasteiger partial charge in [-0.2, -0.15) is 41.7 Å². The topological polar surface area (TPSA) is 63.2 Å². The Morgan fingerprint density at radius 3 is 2.23 bits per heavy atom. The molecule has 0 radical (unpaired) electrons. The van der Waals surface area contributed by atoms with Crippen molar-refractivity contribution >= 4 is 46.7 Å². The summed E-state index contributed by atoms with van der Waals surface area (Å²) in [5.41, 5.74) is -7.03. The lowest BCUT2D eigenvalue weighted by molar-refractivity contribution is -0.137. The van der Waals surface area contributed by atoms with Crippen LogP contribution in [0.3, 0.4) is 0 Å². The fourth-order valence-electron chi connectivity index (χ4n) is 2.25. The largest absolute Gasteiger partial charge is 0.481 e. The van der Waals surface area contributed by atoms with E-state index in [1.807, 2.05) is 0 Å². The maximum Gasteiger partial charge on any atom is 0.446 e. The van der Waals surface area contributed by atoms with Crippen LogP contribution in [0.25, 0.3) is 5.69 Å². The van der Waals surface area contributed by atoms with Gasteiger partial charge in [0, 0.05) is 6.92 Å². The Hall–Kier alpha value is -2.10. The number of hydrogen-bond donors (Lipinski definition) is 0. The summed E-state index contributed by atoms with van der Waals surface area (Å²) in [6.45, 7) is 3.08. The van der Waals surface area contributed by atoms with Crippen molar-refractivity contribution in [1.29, 1.82) is 5.26 Å². The third-order valence-corrected chi connectivity index (χ3v) is 4.70. The monoisotopic (exact) mass is 490 g/mol. The van der Waals surface area contributed by atoms with E-state index in [1.54, 1.807) is 6.92 Å². The molecule has 0 amide bonds. The molecule has 0 aliphatic rings. The van der Waals surface area contributed by atoms with Gasteiger partial charge in [0.25, 0.3) is 0 Å². The summed E-state index contributed by atoms with van der Waals surface area (Å²) in [7, 11) is 0. The van der Waals surface area contributed by atoms with Crippen LogP contribution in [0.2, 0.25) is 10.0 Å². The molecule has 1 heterocycles. The van der Waals surface area contributed by atoms with Gasteiger partial charge >= 0.3 is 11.7 Å². The summed E-state index contributed by atoms with van der Waals surface area (Å²) in [5.74, 6) is -0.602. The van der Waals surface area contributed by atoms with Gasteiger partial charge in [0.05, 0.1) is 27.1 Å². The van der Waals surface area contributed by atoms with Crippen LogP contribution < -0.4 is 0 Å². The molecule has 30 heavy (non-hydrogen) atoms. The fourth-order valence-corrected chi connectivity index (χ4v) is 3.54. The standard InChI is InChI=1S/C16H10Cl2F6N4OS/c1-3-29-7(2)26-14-13(30-16(22,23)24)11(6-25)27-28(14)12-9(17)4-8(5-10(12)18)15(19,20)21/h4-5H,3H2,1-2H3/b26-7+. The van der Waals surface area contributed by atoms with Crippen LogP contribution in [0.1, 0.15) is 25.1 Å². The number of rotatable bonds is 4. The molecule has 2 aromatic rings. The molecule has 0 aliphatic heterocycles. The van der Waals surface area contributed by atoms with Crippen molar-refractivity contribution in [3.05, 3.63) is 33.4 Å². The number of benzene rings is 1. The molecule has 2 rings (SSSR count). The Morgan fingerprint density at radius 1 is 1.23 bits per heavy atom. The average molecular weight is 491 g/mol. The van der Waals surface area contributed by atoms with Gasteiger partial charge < -0.3 is 4.74 Å². The van der Waals surface area contributed by atoms with Crippen LogP contribution in [0.5, 0.6) is 0 Å². The first-order valence-corrected chi connectivity index (χ1v) is 9.39. The van der Waals surface area contributed by atoms with Crippen LogP contribution in [0.4, 0.5) is 32.2 Å². The second-order valence-corrected chi connectivity index (χ2v) is 7.31. The van der Waals surface area contributed by atoms with Crippen molar-refractivity contribution in [1.82, 2.24) is 9.78 Å². The number of ether oxygens (including phenoxy) is 1. The molecule has 0 aliphatic carbocycles. The van der Waals surface area contributed by atoms with E-state index in [4.69, 9.17) is 27.9 Å². The van der Waals surface area contributed by atoms with E-state index in [-0.39, 0.29) is 18.2 Å². The lowest BCUT2D eigenvalue weighted by Gasteiger charge is -2.14. The zero-order chi connectivity index (χ0) is 22.9. The number of thioether (sulfide) groups is 1. The summed E-state index contributed by atoms with van der Waals surface area (Å²) in [6.07, 6.45) is -4.77. The van der Waals surface area contributed by atoms with E-state index in [0.29, 0.717) is 16.8 Å². The van der Waals surface area contributed by atoms with Gasteiger partial charge in [-0.25, -0.2) is 4.68 Å². The number of halogens is 8. The Bertz CT molecular complexity index is 1000. The molecule has 1 aromatic carbocycles. The van der Waals surface area contributed by atoms with Gasteiger partial charge in [-0.05, 0) is 30.8 Å². The van der Waals surface area contributed by atoms with E-state index in [9.17, 15) is 31.6 Å². The van der Waals surface area contributed by atoms with Crippen LogP contribution in [0.15, 0.2) is 22.0 Å². The zero-order valence-electron chi connectivity index (χ0n) is 15.0. The van der Waals surface area contributed by atoms with Crippen molar-refractivity contribution in [3.8, 4) is 11.8 Å². The summed E-state index contributed by atoms with van der Waals surface area (Å²) >= 11 is 11.2. The molecular weight excluding hydrogens is 481 g/mol. The molecule has 1 aromatic heterocycles. The minimum Gasteiger partial charge on any atom is -0.481 e. The number of alkyl halides is 6. The molecular formula is C16H10Cl2F6N4OS. The predicted molar refractivity (Wildman–Crippen MR) is 99.6 cm³/mol. The summed E-state index contributed by atoms with van der Waals surface area (Å²) < 4.78 is 83.8. The fraction of sp³-hybridized carbons (Fsp3) is 0.312. The molecule has 5 nitrogen and oxygen atoms in total. The molecule has 0 atom stereocenters. The molecule has 0 saturated heterocycles. The first-order chi connectivity index (χ1) is 13.8. The van der Waals surface area contributed by atoms with Crippen molar-refractivity contribution < 1.29 is 31.1 Å². The average Bonchev–Trinajstić information content (AvgIpc) is 2.89. The summed E-state index contributed by atoms with van der Waals surface area (Å²) in [4.78, 5) is 3.23. The van der Waals surface area contributed by atoms with E-state index < -0.39 is 55.5 Å². The first kappa shape index (κ1) is 24.2. The molecule has 0 N–H and O–H groups in total. The summed E-state index contributed by atoms with van der Waals surface area (Å²) in [5, 5.41) is 11.8. The van der Waals surface area contributed by atoms with E-state index >= 15 is 0 Å². The Kier molecular flexibility index (Phi) is 7.21. The second kappa shape index (κ2) is 8.95. The van der Waals surface area contributed by atoms with Crippen LogP contribution in [0, 0.1) is 11.3 Å². The number of hydrogen-bond acceptors (Lipinski definition) is 5. The molecule has 0 fully saturated rings. The van der Waals surface area contributed by atoms with Gasteiger partial charge in [-0.15, -0.1) is 0 Å². The molecule has 0 unspecified atom stereocenters. The SMILES string of the molecule is CCO/C(C)=N/c1c(SC(F)(F)F)c(C#N)nn1-c1c(Cl)cc(C(F)(F)F)cc1Cl. The van der Waals surface area contributed by atoms with Crippen molar-refractivity contribution in [2.75, 3.05) is 6.61 Å². The maximum absolute atomic E-state index is 13.0. The highest BCUT2D eigenvalue weighted by Crippen LogP contribution is 2.46. The second-order valence-electron chi connectivity index (χ2n) is 5.42. The van der Waals surface area contributed by atoms with Gasteiger partial charge in [-0.1, -0.05) is 23.2 Å². The van der Waals surface area contributed by atoms with Gasteiger partial charge in [0.2, 0.25) is 0 Å². The molecule has 0 saturated carbocycles. The van der Waals surface area contributed by atoms with Gasteiger partial charge in [0.15, 0.2) is 17.4 Å². The van der Waals surface area contributed by atoms with Crippen LogP contribution in [-0.4, -0.2) is 27.8 Å². The van der Waals surface area contributed by atoms with E-state index in [2.05, 4.69) is 10.1 Å². The van der Waals surface area contributed by atoms with Crippen LogP contribution in [-0.2, 0) is 10.9 Å². The minimum atomic E-state index is -4.81. The Balaban J connectivity index is 2.83. The van der Waals surface area contributed by atoms with Crippen LogP contribution >= 0.6 is 35.0 Å². The normalized spacial score (nSPS) is 12.8. The van der Waals surface area contributed by atoms with E-state index in [0.717, 1.165) is 0 Å². The van der Waals surface area contributed by atoms with E-state index in [1.165, 1.54) is 13.0 Å². The molecule has 162 valence electrons. The Labute approximate surface area is 180 Å². The highest BCUT2D eigenvalue weighted by molar-refractivity contribution is 8.00. The van der Waals surface area contributed by atoms with Gasteiger partial charge in [-0.3, -0.25) is 0 Å². The predicted octanol–water partition coefficient (Wildman–Crippen LogP) is 6.77. The molecule has 0 bridgehead atoms. The van der Waals surface area contributed by atoms with Crippen molar-refractivity contribution in [2.45, 2.75) is 30.4 Å². The Morgan fingerprint density at radius 2 is 1.80 bits per heavy atom. The lowest BCUT2D eigenvalue weighted by Crippen LogP contribution is -2.07. The molecule has 14 heteroatoms. The molecule has 0 spiro atoms. The number of aliphatic imine (C=N–C) groups is 1. The highest BCUT2D eigenvalue weighted by atomic mass is 35.5.